The molecule has 0 aromatic heterocycles. The minimum Gasteiger partial charge on any atom is -0.492 e. The van der Waals surface area contributed by atoms with Crippen LogP contribution in [0, 0.1) is 0 Å². The molecule has 0 aliphatic rings. The zero-order valence-corrected chi connectivity index (χ0v) is 18.5. The third kappa shape index (κ3) is 10.7. The van der Waals surface area contributed by atoms with Crippen molar-refractivity contribution in [3.8, 4) is 5.75 Å². The maximum atomic E-state index is 11.7. The van der Waals surface area contributed by atoms with Gasteiger partial charge in [-0.1, -0.05) is 17.7 Å². The van der Waals surface area contributed by atoms with Crippen LogP contribution in [-0.2, 0) is 9.53 Å². The van der Waals surface area contributed by atoms with Gasteiger partial charge in [-0.05, 0) is 25.1 Å². The maximum Gasteiger partial charge on any atom is 0.241 e. The molecule has 1 amide bonds. The number of nitrogens with zero attached hydrogens (tertiary/aromatic N) is 2. The Hall–Kier alpha value is -1.26. The minimum atomic E-state index is -0.143. The monoisotopic (exact) mass is 498 g/mol. The molecular formula is C17H28ClIN4O3. The molecule has 0 heterocycles. The molecular weight excluding hydrogens is 471 g/mol. The summed E-state index contributed by atoms with van der Waals surface area (Å²) in [7, 11) is 3.49. The molecule has 0 fully saturated rings. The molecule has 26 heavy (non-hydrogen) atoms. The Morgan fingerprint density at radius 3 is 2.73 bits per heavy atom. The molecule has 2 N–H and O–H groups in total. The quantitative estimate of drug-likeness (QED) is 0.223. The lowest BCUT2D eigenvalue weighted by Crippen LogP contribution is -2.41. The predicted octanol–water partition coefficient (Wildman–Crippen LogP) is 2.00. The molecule has 0 radical (unpaired) electrons. The maximum absolute atomic E-state index is 11.7. The van der Waals surface area contributed by atoms with Crippen molar-refractivity contribution in [1.29, 1.82) is 0 Å². The van der Waals surface area contributed by atoms with Gasteiger partial charge in [0.25, 0.3) is 0 Å². The van der Waals surface area contributed by atoms with Crippen molar-refractivity contribution in [3.05, 3.63) is 29.3 Å². The summed E-state index contributed by atoms with van der Waals surface area (Å²) < 4.78 is 10.6. The fraction of sp³-hybridized carbons (Fsp3) is 0.529. The smallest absolute Gasteiger partial charge is 0.241 e. The summed E-state index contributed by atoms with van der Waals surface area (Å²) in [6.07, 6.45) is 0. The van der Waals surface area contributed by atoms with Crippen LogP contribution in [0.4, 0.5) is 0 Å². The largest absolute Gasteiger partial charge is 0.492 e. The van der Waals surface area contributed by atoms with Gasteiger partial charge in [0, 0.05) is 32.3 Å². The molecule has 1 aromatic carbocycles. The van der Waals surface area contributed by atoms with E-state index in [1.807, 2.05) is 31.0 Å². The van der Waals surface area contributed by atoms with Crippen LogP contribution in [-0.4, -0.2) is 70.3 Å². The highest BCUT2D eigenvalue weighted by atomic mass is 127. The number of likely N-dealkylation sites (N-methyl/N-ethyl adjacent to an activating group) is 1. The topological polar surface area (TPSA) is 75.2 Å². The third-order valence-electron chi connectivity index (χ3n) is 3.19. The van der Waals surface area contributed by atoms with Gasteiger partial charge < -0.3 is 25.0 Å². The zero-order chi connectivity index (χ0) is 18.5. The Labute approximate surface area is 177 Å². The Morgan fingerprint density at radius 2 is 2.08 bits per heavy atom. The van der Waals surface area contributed by atoms with Crippen LogP contribution in [0.3, 0.4) is 0 Å². The predicted molar refractivity (Wildman–Crippen MR) is 116 cm³/mol. The number of rotatable bonds is 10. The summed E-state index contributed by atoms with van der Waals surface area (Å²) in [5, 5.41) is 6.53. The molecule has 1 aromatic rings. The van der Waals surface area contributed by atoms with E-state index in [9.17, 15) is 4.79 Å². The van der Waals surface area contributed by atoms with Crippen molar-refractivity contribution in [1.82, 2.24) is 15.5 Å². The minimum absolute atomic E-state index is 0. The molecule has 148 valence electrons. The average molecular weight is 499 g/mol. The van der Waals surface area contributed by atoms with Gasteiger partial charge in [0.15, 0.2) is 5.96 Å². The summed E-state index contributed by atoms with van der Waals surface area (Å²) >= 11 is 5.93. The fourth-order valence-corrected chi connectivity index (χ4v) is 2.11. The summed E-state index contributed by atoms with van der Waals surface area (Å²) in [4.78, 5) is 18.0. The average Bonchev–Trinajstić information content (AvgIpc) is 2.58. The Bertz CT molecular complexity index is 561. The van der Waals surface area contributed by atoms with E-state index >= 15 is 0 Å². The number of nitrogens with one attached hydrogen (secondary N) is 2. The van der Waals surface area contributed by atoms with Crippen molar-refractivity contribution in [2.45, 2.75) is 6.92 Å². The van der Waals surface area contributed by atoms with Crippen LogP contribution in [0.5, 0.6) is 5.75 Å². The van der Waals surface area contributed by atoms with Crippen LogP contribution >= 0.6 is 35.6 Å². The summed E-state index contributed by atoms with van der Waals surface area (Å²) in [6, 6.07) is 7.27. The zero-order valence-electron chi connectivity index (χ0n) is 15.5. The molecule has 9 heteroatoms. The number of aliphatic imine (C=N–C) groups is 1. The fourth-order valence-electron chi connectivity index (χ4n) is 1.93. The number of halogens is 2. The molecule has 0 unspecified atom stereocenters. The second kappa shape index (κ2) is 14.9. The second-order valence-electron chi connectivity index (χ2n) is 5.24. The van der Waals surface area contributed by atoms with E-state index in [1.165, 1.54) is 0 Å². The number of guanidine groups is 1. The van der Waals surface area contributed by atoms with E-state index in [0.717, 1.165) is 5.75 Å². The van der Waals surface area contributed by atoms with Crippen molar-refractivity contribution < 1.29 is 14.3 Å². The Balaban J connectivity index is 0.00000625. The van der Waals surface area contributed by atoms with Crippen molar-refractivity contribution >= 4 is 47.4 Å². The van der Waals surface area contributed by atoms with Crippen molar-refractivity contribution in [2.75, 3.05) is 53.6 Å². The molecule has 1 rings (SSSR count). The number of hydrogen-bond acceptors (Lipinski definition) is 4. The molecule has 0 aliphatic heterocycles. The number of benzene rings is 1. The van der Waals surface area contributed by atoms with Crippen LogP contribution in [0.15, 0.2) is 29.3 Å². The van der Waals surface area contributed by atoms with Crippen LogP contribution < -0.4 is 15.4 Å². The van der Waals surface area contributed by atoms with Gasteiger partial charge in [-0.15, -0.1) is 24.0 Å². The van der Waals surface area contributed by atoms with Gasteiger partial charge in [-0.3, -0.25) is 4.79 Å². The second-order valence-corrected chi connectivity index (χ2v) is 5.68. The van der Waals surface area contributed by atoms with E-state index in [1.54, 1.807) is 19.2 Å². The van der Waals surface area contributed by atoms with E-state index in [2.05, 4.69) is 15.6 Å². The van der Waals surface area contributed by atoms with Crippen LogP contribution in [0.2, 0.25) is 5.02 Å². The lowest BCUT2D eigenvalue weighted by Gasteiger charge is -2.22. The normalized spacial score (nSPS) is 10.7. The van der Waals surface area contributed by atoms with Crippen LogP contribution in [0.1, 0.15) is 6.92 Å². The first-order valence-corrected chi connectivity index (χ1v) is 8.58. The molecule has 7 nitrogen and oxygen atoms in total. The van der Waals surface area contributed by atoms with Gasteiger partial charge in [-0.2, -0.15) is 0 Å². The Morgan fingerprint density at radius 1 is 1.31 bits per heavy atom. The van der Waals surface area contributed by atoms with E-state index < -0.39 is 0 Å². The lowest BCUT2D eigenvalue weighted by atomic mass is 10.3. The number of methoxy groups -OCH3 is 1. The van der Waals surface area contributed by atoms with Crippen molar-refractivity contribution in [2.24, 2.45) is 4.99 Å². The molecule has 0 saturated carbocycles. The number of carbonyl (C=O) groups is 1. The molecule has 0 bridgehead atoms. The number of carbonyl (C=O) groups excluding carboxylic acids is 1. The molecule has 0 saturated heterocycles. The summed E-state index contributed by atoms with van der Waals surface area (Å²) in [5.41, 5.74) is 0. The first-order chi connectivity index (χ1) is 12.1. The summed E-state index contributed by atoms with van der Waals surface area (Å²) in [6.45, 7) is 4.80. The Kier molecular flexibility index (Phi) is 14.1. The summed E-state index contributed by atoms with van der Waals surface area (Å²) in [5.74, 6) is 1.23. The highest BCUT2D eigenvalue weighted by Crippen LogP contribution is 2.16. The molecule has 0 atom stereocenters. The van der Waals surface area contributed by atoms with Crippen LogP contribution in [0.25, 0.3) is 0 Å². The highest BCUT2D eigenvalue weighted by Gasteiger charge is 2.07. The third-order valence-corrected chi connectivity index (χ3v) is 3.42. The van der Waals surface area contributed by atoms with Gasteiger partial charge in [0.05, 0.1) is 13.2 Å². The highest BCUT2D eigenvalue weighted by molar-refractivity contribution is 14.0. The SMILES string of the molecule is CCNC(=NCC(=O)NCCOC)N(C)CCOc1cccc(Cl)c1.I. The van der Waals surface area contributed by atoms with E-state index in [-0.39, 0.29) is 36.4 Å². The van der Waals surface area contributed by atoms with Gasteiger partial charge >= 0.3 is 0 Å². The van der Waals surface area contributed by atoms with Gasteiger partial charge in [-0.25, -0.2) is 4.99 Å². The first-order valence-electron chi connectivity index (χ1n) is 8.20. The number of hydrogen-bond donors (Lipinski definition) is 2. The first kappa shape index (κ1) is 24.7. The van der Waals surface area contributed by atoms with E-state index in [0.29, 0.717) is 43.8 Å². The van der Waals surface area contributed by atoms with Gasteiger partial charge in [0.2, 0.25) is 5.91 Å². The molecule has 0 aliphatic carbocycles. The van der Waals surface area contributed by atoms with Crippen molar-refractivity contribution in [3.63, 3.8) is 0 Å². The number of amides is 1. The van der Waals surface area contributed by atoms with Gasteiger partial charge in [0.1, 0.15) is 18.9 Å². The molecule has 0 spiro atoms. The number of ether oxygens (including phenoxy) is 2. The lowest BCUT2D eigenvalue weighted by molar-refractivity contribution is -0.119. The van der Waals surface area contributed by atoms with E-state index in [4.69, 9.17) is 21.1 Å². The standard InChI is InChI=1S/C17H27ClN4O3.HI/c1-4-19-17(21-13-16(23)20-8-10-24-3)22(2)9-11-25-15-7-5-6-14(18)12-15;/h5-7,12H,4,8-11,13H2,1-3H3,(H,19,21)(H,20,23);1H.